The third-order valence-electron chi connectivity index (χ3n) is 5.83. The number of pyridine rings is 1. The smallest absolute Gasteiger partial charge is 0.167 e. The molecule has 1 saturated heterocycles. The van der Waals surface area contributed by atoms with Crippen molar-refractivity contribution < 1.29 is 18.6 Å². The minimum absolute atomic E-state index is 0.194. The largest absolute Gasteiger partial charge is 0.496 e. The Labute approximate surface area is 188 Å². The van der Waals surface area contributed by atoms with Gasteiger partial charge in [-0.1, -0.05) is 0 Å². The highest BCUT2D eigenvalue weighted by molar-refractivity contribution is 5.66. The predicted octanol–water partition coefficient (Wildman–Crippen LogP) is 5.54. The van der Waals surface area contributed by atoms with Gasteiger partial charge in [-0.3, -0.25) is 9.55 Å². The number of nitrogens with zero attached hydrogens (tertiary/aromatic N) is 3. The molecule has 0 unspecified atom stereocenters. The van der Waals surface area contributed by atoms with E-state index in [0.717, 1.165) is 24.1 Å². The molecule has 2 aromatic heterocycles. The van der Waals surface area contributed by atoms with E-state index in [1.807, 2.05) is 16.8 Å². The zero-order chi connectivity index (χ0) is 23.1. The summed E-state index contributed by atoms with van der Waals surface area (Å²) in [6.45, 7) is 8.45. The SMILES string of the molecule is COc1ccc(-n2cc(C3CC(C)(C)OC(C)(C)C3)nc2-c2cnccc2OC)cc1F. The first-order valence-electron chi connectivity index (χ1n) is 10.7. The molecule has 6 nitrogen and oxygen atoms in total. The lowest BCUT2D eigenvalue weighted by Gasteiger charge is -2.45. The Balaban J connectivity index is 1.87. The Morgan fingerprint density at radius 1 is 1.03 bits per heavy atom. The summed E-state index contributed by atoms with van der Waals surface area (Å²) in [5, 5.41) is 0. The van der Waals surface area contributed by atoms with E-state index in [4.69, 9.17) is 19.2 Å². The average Bonchev–Trinajstić information content (AvgIpc) is 3.17. The van der Waals surface area contributed by atoms with Gasteiger partial charge in [-0.2, -0.15) is 0 Å². The summed E-state index contributed by atoms with van der Waals surface area (Å²) in [6.07, 6.45) is 7.07. The first kappa shape index (κ1) is 22.3. The zero-order valence-corrected chi connectivity index (χ0v) is 19.5. The van der Waals surface area contributed by atoms with Crippen LogP contribution in [0.15, 0.2) is 42.9 Å². The number of halogens is 1. The van der Waals surface area contributed by atoms with Crippen LogP contribution < -0.4 is 9.47 Å². The first-order valence-corrected chi connectivity index (χ1v) is 10.7. The summed E-state index contributed by atoms with van der Waals surface area (Å²) in [6, 6.07) is 6.69. The normalized spacial score (nSPS) is 17.8. The van der Waals surface area contributed by atoms with Crippen LogP contribution in [0.3, 0.4) is 0 Å². The van der Waals surface area contributed by atoms with Crippen molar-refractivity contribution >= 4 is 0 Å². The second-order valence-electron chi connectivity index (χ2n) is 9.48. The third kappa shape index (κ3) is 4.35. The molecule has 1 aliphatic rings. The van der Waals surface area contributed by atoms with E-state index < -0.39 is 5.82 Å². The molecular formula is C25H30FN3O3. The fourth-order valence-electron chi connectivity index (χ4n) is 4.81. The lowest BCUT2D eigenvalue weighted by atomic mass is 9.79. The van der Waals surface area contributed by atoms with E-state index in [1.165, 1.54) is 13.2 Å². The molecule has 0 aliphatic carbocycles. The Morgan fingerprint density at radius 2 is 1.72 bits per heavy atom. The zero-order valence-electron chi connectivity index (χ0n) is 19.5. The van der Waals surface area contributed by atoms with Gasteiger partial charge in [0, 0.05) is 30.6 Å². The summed E-state index contributed by atoms with van der Waals surface area (Å²) < 4.78 is 33.4. The Bertz CT molecular complexity index is 1110. The monoisotopic (exact) mass is 439 g/mol. The second-order valence-corrected chi connectivity index (χ2v) is 9.48. The summed E-state index contributed by atoms with van der Waals surface area (Å²) >= 11 is 0. The average molecular weight is 440 g/mol. The van der Waals surface area contributed by atoms with Crippen LogP contribution in [0.5, 0.6) is 11.5 Å². The van der Waals surface area contributed by atoms with E-state index >= 15 is 0 Å². The lowest BCUT2D eigenvalue weighted by Crippen LogP contribution is -2.44. The van der Waals surface area contributed by atoms with Crippen molar-refractivity contribution in [3.63, 3.8) is 0 Å². The van der Waals surface area contributed by atoms with Crippen LogP contribution in [0.2, 0.25) is 0 Å². The van der Waals surface area contributed by atoms with Gasteiger partial charge in [0.2, 0.25) is 0 Å². The fraction of sp³-hybridized carbons (Fsp3) is 0.440. The highest BCUT2D eigenvalue weighted by Crippen LogP contribution is 2.44. The molecule has 0 amide bonds. The number of rotatable bonds is 5. The molecule has 0 radical (unpaired) electrons. The highest BCUT2D eigenvalue weighted by atomic mass is 19.1. The van der Waals surface area contributed by atoms with Crippen LogP contribution in [0.4, 0.5) is 4.39 Å². The van der Waals surface area contributed by atoms with Crippen LogP contribution in [0.1, 0.15) is 52.1 Å². The summed E-state index contributed by atoms with van der Waals surface area (Å²) in [5.41, 5.74) is 1.78. The molecule has 7 heteroatoms. The predicted molar refractivity (Wildman–Crippen MR) is 121 cm³/mol. The number of imidazole rings is 1. The molecule has 0 N–H and O–H groups in total. The van der Waals surface area contributed by atoms with Crippen molar-refractivity contribution in [2.75, 3.05) is 14.2 Å². The maximum atomic E-state index is 14.6. The molecule has 1 aliphatic heterocycles. The molecule has 3 aromatic rings. The maximum Gasteiger partial charge on any atom is 0.167 e. The standard InChI is InChI=1S/C25H30FN3O3/c1-24(2)12-16(13-25(3,4)32-24)20-15-29(17-7-8-22(31-6)19(26)11-17)23(28-20)18-14-27-10-9-21(18)30-5/h7-11,14-16H,12-13H2,1-6H3. The van der Waals surface area contributed by atoms with Gasteiger partial charge in [-0.05, 0) is 58.7 Å². The van der Waals surface area contributed by atoms with Crippen LogP contribution in [-0.4, -0.2) is 40.0 Å². The van der Waals surface area contributed by atoms with Crippen LogP contribution in [0.25, 0.3) is 17.1 Å². The van der Waals surface area contributed by atoms with Gasteiger partial charge in [0.05, 0.1) is 42.4 Å². The van der Waals surface area contributed by atoms with Gasteiger partial charge >= 0.3 is 0 Å². The number of aromatic nitrogens is 3. The molecular weight excluding hydrogens is 409 g/mol. The molecule has 0 spiro atoms. The molecule has 1 aromatic carbocycles. The quantitative estimate of drug-likeness (QED) is 0.522. The van der Waals surface area contributed by atoms with Gasteiger partial charge in [0.25, 0.3) is 0 Å². The first-order chi connectivity index (χ1) is 15.1. The Morgan fingerprint density at radius 3 is 2.34 bits per heavy atom. The number of methoxy groups -OCH3 is 2. The molecule has 0 bridgehead atoms. The molecule has 0 atom stereocenters. The van der Waals surface area contributed by atoms with Gasteiger partial charge in [0.1, 0.15) is 11.6 Å². The van der Waals surface area contributed by atoms with E-state index in [-0.39, 0.29) is 22.9 Å². The lowest BCUT2D eigenvalue weighted by molar-refractivity contribution is -0.162. The number of hydrogen-bond donors (Lipinski definition) is 0. The molecule has 32 heavy (non-hydrogen) atoms. The van der Waals surface area contributed by atoms with Crippen molar-refractivity contribution in [2.45, 2.75) is 57.7 Å². The topological polar surface area (TPSA) is 58.4 Å². The van der Waals surface area contributed by atoms with Crippen LogP contribution in [0, 0.1) is 5.82 Å². The van der Waals surface area contributed by atoms with Crippen molar-refractivity contribution in [3.05, 3.63) is 54.4 Å². The van der Waals surface area contributed by atoms with Crippen molar-refractivity contribution in [1.82, 2.24) is 14.5 Å². The van der Waals surface area contributed by atoms with Crippen LogP contribution in [-0.2, 0) is 4.74 Å². The van der Waals surface area contributed by atoms with E-state index in [9.17, 15) is 4.39 Å². The summed E-state index contributed by atoms with van der Waals surface area (Å²) in [5.74, 6) is 1.26. The van der Waals surface area contributed by atoms with Crippen molar-refractivity contribution in [1.29, 1.82) is 0 Å². The molecule has 1 fully saturated rings. The van der Waals surface area contributed by atoms with Crippen molar-refractivity contribution in [2.24, 2.45) is 0 Å². The number of hydrogen-bond acceptors (Lipinski definition) is 5. The number of benzene rings is 1. The van der Waals surface area contributed by atoms with E-state index in [2.05, 4.69) is 32.7 Å². The number of ether oxygens (including phenoxy) is 3. The molecule has 0 saturated carbocycles. The second kappa shape index (κ2) is 8.20. The molecule has 170 valence electrons. The highest BCUT2D eigenvalue weighted by Gasteiger charge is 2.41. The van der Waals surface area contributed by atoms with E-state index in [0.29, 0.717) is 17.3 Å². The van der Waals surface area contributed by atoms with E-state index in [1.54, 1.807) is 31.6 Å². The van der Waals surface area contributed by atoms with Crippen LogP contribution >= 0.6 is 0 Å². The Hall–Kier alpha value is -2.93. The van der Waals surface area contributed by atoms with Gasteiger partial charge in [0.15, 0.2) is 11.6 Å². The van der Waals surface area contributed by atoms with Crippen molar-refractivity contribution in [3.8, 4) is 28.6 Å². The fourth-order valence-corrected chi connectivity index (χ4v) is 4.81. The summed E-state index contributed by atoms with van der Waals surface area (Å²) in [7, 11) is 3.07. The Kier molecular flexibility index (Phi) is 5.71. The molecule has 3 heterocycles. The maximum absolute atomic E-state index is 14.6. The van der Waals surface area contributed by atoms with Gasteiger partial charge in [-0.15, -0.1) is 0 Å². The van der Waals surface area contributed by atoms with Gasteiger partial charge in [-0.25, -0.2) is 9.37 Å². The minimum Gasteiger partial charge on any atom is -0.496 e. The molecule has 4 rings (SSSR count). The minimum atomic E-state index is -0.433. The third-order valence-corrected chi connectivity index (χ3v) is 5.83. The van der Waals surface area contributed by atoms with Gasteiger partial charge < -0.3 is 14.2 Å². The summed E-state index contributed by atoms with van der Waals surface area (Å²) in [4.78, 5) is 9.30.